The van der Waals surface area contributed by atoms with Gasteiger partial charge in [0.1, 0.15) is 0 Å². The van der Waals surface area contributed by atoms with Crippen molar-refractivity contribution >= 4 is 10.0 Å². The summed E-state index contributed by atoms with van der Waals surface area (Å²) >= 11 is 0. The summed E-state index contributed by atoms with van der Waals surface area (Å²) in [5, 5.41) is 3.34. The van der Waals surface area contributed by atoms with Crippen LogP contribution in [0.3, 0.4) is 0 Å². The molecule has 7 heteroatoms. The third kappa shape index (κ3) is 4.90. The molecule has 3 N–H and O–H groups in total. The zero-order chi connectivity index (χ0) is 14.4. The fraction of sp³-hybridized carbons (Fsp3) is 0.692. The normalized spacial score (nSPS) is 15.7. The molecule has 0 saturated heterocycles. The number of rotatable bonds is 10. The lowest BCUT2D eigenvalue weighted by atomic mass is 10.3. The Morgan fingerprint density at radius 3 is 2.90 bits per heavy atom. The van der Waals surface area contributed by atoms with Crippen molar-refractivity contribution in [2.45, 2.75) is 43.2 Å². The molecule has 2 rings (SSSR count). The van der Waals surface area contributed by atoms with Gasteiger partial charge in [-0.2, -0.15) is 0 Å². The Morgan fingerprint density at radius 1 is 1.40 bits per heavy atom. The van der Waals surface area contributed by atoms with Crippen molar-refractivity contribution in [1.82, 2.24) is 15.0 Å². The Bertz CT molecular complexity index is 509. The van der Waals surface area contributed by atoms with Crippen LogP contribution in [0.25, 0.3) is 0 Å². The van der Waals surface area contributed by atoms with Crippen LogP contribution >= 0.6 is 0 Å². The number of hydrogen-bond donors (Lipinski definition) is 3. The molecule has 0 bridgehead atoms. The van der Waals surface area contributed by atoms with Crippen molar-refractivity contribution < 1.29 is 13.2 Å². The van der Waals surface area contributed by atoms with Gasteiger partial charge in [0, 0.05) is 44.7 Å². The number of nitrogens with one attached hydrogen (secondary N) is 3. The SMILES string of the molecule is COCCCCNS(=O)(=O)c1c[nH]c(CNC2CC2)c1. The summed E-state index contributed by atoms with van der Waals surface area (Å²) in [6, 6.07) is 2.30. The van der Waals surface area contributed by atoms with E-state index in [0.717, 1.165) is 18.5 Å². The summed E-state index contributed by atoms with van der Waals surface area (Å²) in [6.07, 6.45) is 5.60. The molecule has 1 heterocycles. The van der Waals surface area contributed by atoms with E-state index in [0.29, 0.717) is 30.6 Å². The van der Waals surface area contributed by atoms with E-state index in [1.807, 2.05) is 0 Å². The summed E-state index contributed by atoms with van der Waals surface area (Å²) < 4.78 is 31.6. The minimum absolute atomic E-state index is 0.303. The Morgan fingerprint density at radius 2 is 2.20 bits per heavy atom. The Hall–Kier alpha value is -0.890. The molecular formula is C13H23N3O3S. The minimum atomic E-state index is -3.40. The molecule has 1 fully saturated rings. The molecule has 114 valence electrons. The molecule has 0 aromatic carbocycles. The number of hydrogen-bond acceptors (Lipinski definition) is 4. The standard InChI is InChI=1S/C13H23N3O3S/c1-19-7-3-2-6-16-20(17,18)13-8-12(15-10-13)9-14-11-4-5-11/h8,10-11,14-16H,2-7,9H2,1H3. The van der Waals surface area contributed by atoms with Crippen molar-refractivity contribution in [3.8, 4) is 0 Å². The molecule has 0 spiro atoms. The quantitative estimate of drug-likeness (QED) is 0.562. The highest BCUT2D eigenvalue weighted by Crippen LogP contribution is 2.19. The van der Waals surface area contributed by atoms with Gasteiger partial charge in [-0.3, -0.25) is 0 Å². The van der Waals surface area contributed by atoms with Gasteiger partial charge in [0.15, 0.2) is 0 Å². The van der Waals surface area contributed by atoms with Crippen molar-refractivity contribution in [3.05, 3.63) is 18.0 Å². The van der Waals surface area contributed by atoms with Gasteiger partial charge < -0.3 is 15.0 Å². The van der Waals surface area contributed by atoms with E-state index in [2.05, 4.69) is 15.0 Å². The summed E-state index contributed by atoms with van der Waals surface area (Å²) in [4.78, 5) is 3.31. The lowest BCUT2D eigenvalue weighted by molar-refractivity contribution is 0.193. The Balaban J connectivity index is 1.78. The zero-order valence-electron chi connectivity index (χ0n) is 11.8. The number of unbranched alkanes of at least 4 members (excludes halogenated alkanes) is 1. The fourth-order valence-electron chi connectivity index (χ4n) is 1.88. The maximum absolute atomic E-state index is 12.0. The topological polar surface area (TPSA) is 83.2 Å². The van der Waals surface area contributed by atoms with Crippen LogP contribution in [0.1, 0.15) is 31.4 Å². The maximum Gasteiger partial charge on any atom is 0.242 e. The first-order valence-electron chi connectivity index (χ1n) is 7.01. The largest absolute Gasteiger partial charge is 0.385 e. The van der Waals surface area contributed by atoms with Crippen LogP contribution in [-0.4, -0.2) is 39.7 Å². The van der Waals surface area contributed by atoms with E-state index >= 15 is 0 Å². The van der Waals surface area contributed by atoms with Crippen LogP contribution in [-0.2, 0) is 21.3 Å². The summed E-state index contributed by atoms with van der Waals surface area (Å²) in [5.41, 5.74) is 0.900. The van der Waals surface area contributed by atoms with Gasteiger partial charge in [-0.05, 0) is 31.7 Å². The predicted octanol–water partition coefficient (Wildman–Crippen LogP) is 0.972. The lowest BCUT2D eigenvalue weighted by Crippen LogP contribution is -2.24. The van der Waals surface area contributed by atoms with Gasteiger partial charge in [-0.25, -0.2) is 13.1 Å². The van der Waals surface area contributed by atoms with Gasteiger partial charge in [0.05, 0.1) is 4.90 Å². The van der Waals surface area contributed by atoms with Crippen LogP contribution in [0.15, 0.2) is 17.2 Å². The first kappa shape index (κ1) is 15.5. The van der Waals surface area contributed by atoms with Crippen LogP contribution in [0.5, 0.6) is 0 Å². The molecule has 1 saturated carbocycles. The second-order valence-electron chi connectivity index (χ2n) is 5.11. The highest BCUT2D eigenvalue weighted by molar-refractivity contribution is 7.89. The average Bonchev–Trinajstić information content (AvgIpc) is 3.12. The molecule has 0 radical (unpaired) electrons. The number of ether oxygens (including phenoxy) is 1. The third-order valence-electron chi connectivity index (χ3n) is 3.25. The molecule has 6 nitrogen and oxygen atoms in total. The molecule has 0 aliphatic heterocycles. The van der Waals surface area contributed by atoms with Gasteiger partial charge in [-0.15, -0.1) is 0 Å². The maximum atomic E-state index is 12.0. The van der Waals surface area contributed by atoms with E-state index in [1.165, 1.54) is 12.8 Å². The number of aromatic nitrogens is 1. The van der Waals surface area contributed by atoms with Crippen LogP contribution in [0.2, 0.25) is 0 Å². The van der Waals surface area contributed by atoms with E-state index in [1.54, 1.807) is 19.4 Å². The van der Waals surface area contributed by atoms with Crippen LogP contribution in [0.4, 0.5) is 0 Å². The second-order valence-corrected chi connectivity index (χ2v) is 6.88. The van der Waals surface area contributed by atoms with Crippen molar-refractivity contribution in [2.75, 3.05) is 20.3 Å². The minimum Gasteiger partial charge on any atom is -0.385 e. The Labute approximate surface area is 120 Å². The number of sulfonamides is 1. The third-order valence-corrected chi connectivity index (χ3v) is 4.69. The molecular weight excluding hydrogens is 278 g/mol. The van der Waals surface area contributed by atoms with E-state index < -0.39 is 10.0 Å². The molecule has 1 aliphatic rings. The van der Waals surface area contributed by atoms with Crippen LogP contribution < -0.4 is 10.0 Å². The van der Waals surface area contributed by atoms with Crippen molar-refractivity contribution in [1.29, 1.82) is 0 Å². The van der Waals surface area contributed by atoms with Crippen molar-refractivity contribution in [2.24, 2.45) is 0 Å². The number of H-pyrrole nitrogens is 1. The van der Waals surface area contributed by atoms with Crippen LogP contribution in [0, 0.1) is 0 Å². The molecule has 0 atom stereocenters. The predicted molar refractivity (Wildman–Crippen MR) is 77.0 cm³/mol. The average molecular weight is 301 g/mol. The lowest BCUT2D eigenvalue weighted by Gasteiger charge is -2.04. The molecule has 1 aromatic rings. The summed E-state index contributed by atoms with van der Waals surface area (Å²) in [5.74, 6) is 0. The number of methoxy groups -OCH3 is 1. The summed E-state index contributed by atoms with van der Waals surface area (Å²) in [7, 11) is -1.76. The van der Waals surface area contributed by atoms with E-state index in [4.69, 9.17) is 4.74 Å². The smallest absolute Gasteiger partial charge is 0.242 e. The molecule has 0 unspecified atom stereocenters. The van der Waals surface area contributed by atoms with Gasteiger partial charge in [0.2, 0.25) is 10.0 Å². The number of aromatic amines is 1. The summed E-state index contributed by atoms with van der Waals surface area (Å²) in [6.45, 7) is 1.78. The monoisotopic (exact) mass is 301 g/mol. The Kier molecular flexibility index (Phi) is 5.59. The van der Waals surface area contributed by atoms with E-state index in [9.17, 15) is 8.42 Å². The molecule has 1 aliphatic carbocycles. The molecule has 20 heavy (non-hydrogen) atoms. The highest BCUT2D eigenvalue weighted by atomic mass is 32.2. The van der Waals surface area contributed by atoms with Gasteiger partial charge in [0.25, 0.3) is 0 Å². The fourth-order valence-corrected chi connectivity index (χ4v) is 2.97. The van der Waals surface area contributed by atoms with Gasteiger partial charge >= 0.3 is 0 Å². The molecule has 0 amide bonds. The first-order chi connectivity index (χ1) is 9.62. The van der Waals surface area contributed by atoms with Crippen molar-refractivity contribution in [3.63, 3.8) is 0 Å². The zero-order valence-corrected chi connectivity index (χ0v) is 12.6. The molecule has 1 aromatic heterocycles. The highest BCUT2D eigenvalue weighted by Gasteiger charge is 2.21. The second kappa shape index (κ2) is 7.21. The van der Waals surface area contributed by atoms with Gasteiger partial charge in [-0.1, -0.05) is 0 Å². The van der Waals surface area contributed by atoms with E-state index in [-0.39, 0.29) is 0 Å². The first-order valence-corrected chi connectivity index (χ1v) is 8.49.